The fourth-order valence-corrected chi connectivity index (χ4v) is 4.29. The molecule has 29 heavy (non-hydrogen) atoms. The molecule has 0 saturated carbocycles. The first-order chi connectivity index (χ1) is 14.1. The molecule has 146 valence electrons. The number of benzene rings is 2. The maximum atomic E-state index is 12.4. The van der Waals surface area contributed by atoms with Gasteiger partial charge in [-0.25, -0.2) is 0 Å². The van der Waals surface area contributed by atoms with Gasteiger partial charge < -0.3 is 5.32 Å². The van der Waals surface area contributed by atoms with Gasteiger partial charge >= 0.3 is 0 Å². The minimum Gasteiger partial charge on any atom is -0.325 e. The number of thiophene rings is 1. The Kier molecular flexibility index (Phi) is 5.99. The van der Waals surface area contributed by atoms with Crippen molar-refractivity contribution in [3.63, 3.8) is 0 Å². The second-order valence-corrected chi connectivity index (χ2v) is 8.62. The van der Waals surface area contributed by atoms with Gasteiger partial charge in [-0.2, -0.15) is 0 Å². The summed E-state index contributed by atoms with van der Waals surface area (Å²) in [6, 6.07) is 19.2. The molecule has 4 aromatic rings. The quantitative estimate of drug-likeness (QED) is 0.391. The molecule has 8 heteroatoms. The summed E-state index contributed by atoms with van der Waals surface area (Å²) in [5, 5.41) is 14.9. The van der Waals surface area contributed by atoms with Crippen LogP contribution in [0.4, 0.5) is 5.69 Å². The smallest absolute Gasteiger partial charge is 0.234 e. The van der Waals surface area contributed by atoms with Gasteiger partial charge in [0.1, 0.15) is 0 Å². The van der Waals surface area contributed by atoms with E-state index in [4.69, 9.17) is 11.6 Å². The summed E-state index contributed by atoms with van der Waals surface area (Å²) in [6.07, 6.45) is 0. The summed E-state index contributed by atoms with van der Waals surface area (Å²) in [5.74, 6) is 0.871. The summed E-state index contributed by atoms with van der Waals surface area (Å²) < 4.78 is 1.95. The van der Waals surface area contributed by atoms with Gasteiger partial charge in [0.2, 0.25) is 5.91 Å². The molecule has 2 aromatic carbocycles. The Balaban J connectivity index is 1.56. The molecule has 0 saturated heterocycles. The Morgan fingerprint density at radius 1 is 1.10 bits per heavy atom. The summed E-state index contributed by atoms with van der Waals surface area (Å²) >= 11 is 8.98. The highest BCUT2D eigenvalue weighted by molar-refractivity contribution is 7.99. The number of amides is 1. The molecular formula is C21H17ClN4OS2. The van der Waals surface area contributed by atoms with Crippen molar-refractivity contribution in [3.8, 4) is 16.4 Å². The Morgan fingerprint density at radius 2 is 1.86 bits per heavy atom. The predicted molar refractivity (Wildman–Crippen MR) is 120 cm³/mol. The van der Waals surface area contributed by atoms with Gasteiger partial charge in [-0.3, -0.25) is 9.36 Å². The number of rotatable bonds is 6. The first-order valence-corrected chi connectivity index (χ1v) is 11.1. The number of aryl methyl sites for hydroxylation is 1. The van der Waals surface area contributed by atoms with Crippen molar-refractivity contribution < 1.29 is 4.79 Å². The van der Waals surface area contributed by atoms with Crippen LogP contribution >= 0.6 is 34.7 Å². The van der Waals surface area contributed by atoms with Gasteiger partial charge in [-0.1, -0.05) is 47.1 Å². The van der Waals surface area contributed by atoms with E-state index < -0.39 is 0 Å². The first-order valence-electron chi connectivity index (χ1n) is 8.85. The molecule has 0 aliphatic rings. The van der Waals surface area contributed by atoms with Gasteiger partial charge in [0.25, 0.3) is 0 Å². The van der Waals surface area contributed by atoms with E-state index in [0.29, 0.717) is 10.2 Å². The van der Waals surface area contributed by atoms with E-state index in [1.807, 2.05) is 77.5 Å². The fourth-order valence-electron chi connectivity index (χ4n) is 2.72. The number of nitrogens with one attached hydrogen (secondary N) is 1. The van der Waals surface area contributed by atoms with E-state index in [-0.39, 0.29) is 11.7 Å². The number of aromatic nitrogens is 3. The number of hydrogen-bond donors (Lipinski definition) is 1. The monoisotopic (exact) mass is 440 g/mol. The molecule has 0 radical (unpaired) electrons. The summed E-state index contributed by atoms with van der Waals surface area (Å²) in [4.78, 5) is 13.4. The van der Waals surface area contributed by atoms with Crippen LogP contribution in [-0.4, -0.2) is 26.4 Å². The second-order valence-electron chi connectivity index (χ2n) is 6.30. The average Bonchev–Trinajstić information content (AvgIpc) is 3.38. The summed E-state index contributed by atoms with van der Waals surface area (Å²) in [5.41, 5.74) is 2.82. The minimum atomic E-state index is -0.0952. The number of thioether (sulfide) groups is 1. The van der Waals surface area contributed by atoms with E-state index >= 15 is 0 Å². The number of hydrogen-bond acceptors (Lipinski definition) is 5. The molecule has 2 heterocycles. The molecule has 0 aliphatic heterocycles. The molecule has 0 unspecified atom stereocenters. The highest BCUT2D eigenvalue weighted by Gasteiger charge is 2.18. The van der Waals surface area contributed by atoms with E-state index in [0.717, 1.165) is 27.6 Å². The largest absolute Gasteiger partial charge is 0.325 e. The third kappa shape index (κ3) is 4.70. The zero-order chi connectivity index (χ0) is 20.2. The van der Waals surface area contributed by atoms with Crippen molar-refractivity contribution in [3.05, 3.63) is 76.6 Å². The topological polar surface area (TPSA) is 59.8 Å². The van der Waals surface area contributed by atoms with Crippen molar-refractivity contribution >= 4 is 46.3 Å². The van der Waals surface area contributed by atoms with Crippen LogP contribution in [0.1, 0.15) is 5.56 Å². The highest BCUT2D eigenvalue weighted by atomic mass is 35.5. The first kappa shape index (κ1) is 19.7. The number of anilines is 1. The van der Waals surface area contributed by atoms with Crippen molar-refractivity contribution in [1.29, 1.82) is 0 Å². The van der Waals surface area contributed by atoms with Crippen LogP contribution in [0, 0.1) is 6.92 Å². The Morgan fingerprint density at radius 3 is 2.55 bits per heavy atom. The van der Waals surface area contributed by atoms with Crippen LogP contribution < -0.4 is 5.32 Å². The molecule has 4 rings (SSSR count). The number of nitrogens with zero attached hydrogens (tertiary/aromatic N) is 3. The van der Waals surface area contributed by atoms with Gasteiger partial charge in [-0.15, -0.1) is 21.5 Å². The highest BCUT2D eigenvalue weighted by Crippen LogP contribution is 2.31. The van der Waals surface area contributed by atoms with Crippen molar-refractivity contribution in [2.75, 3.05) is 11.1 Å². The van der Waals surface area contributed by atoms with Crippen LogP contribution in [0.3, 0.4) is 0 Å². The molecule has 0 aliphatic carbocycles. The van der Waals surface area contributed by atoms with E-state index in [9.17, 15) is 4.79 Å². The van der Waals surface area contributed by atoms with Gasteiger partial charge in [0, 0.05) is 16.4 Å². The van der Waals surface area contributed by atoms with Crippen molar-refractivity contribution in [1.82, 2.24) is 14.8 Å². The van der Waals surface area contributed by atoms with E-state index in [1.165, 1.54) is 11.8 Å². The third-order valence-electron chi connectivity index (χ3n) is 4.13. The van der Waals surface area contributed by atoms with Gasteiger partial charge in [0.05, 0.1) is 10.6 Å². The van der Waals surface area contributed by atoms with Crippen LogP contribution in [0.2, 0.25) is 5.02 Å². The van der Waals surface area contributed by atoms with Crippen LogP contribution in [0.15, 0.2) is 71.2 Å². The number of carbonyl (C=O) groups is 1. The van der Waals surface area contributed by atoms with Gasteiger partial charge in [-0.05, 0) is 54.8 Å². The van der Waals surface area contributed by atoms with Crippen molar-refractivity contribution in [2.45, 2.75) is 12.1 Å². The number of carbonyl (C=O) groups excluding carboxylic acids is 1. The Hall–Kier alpha value is -2.61. The SMILES string of the molecule is Cc1ccc(NC(=O)CSc2nnc(-c3cccs3)n2-c2ccc(Cl)cc2)cc1. The van der Waals surface area contributed by atoms with Crippen molar-refractivity contribution in [2.24, 2.45) is 0 Å². The lowest BCUT2D eigenvalue weighted by Crippen LogP contribution is -2.14. The minimum absolute atomic E-state index is 0.0952. The van der Waals surface area contributed by atoms with E-state index in [2.05, 4.69) is 15.5 Å². The third-order valence-corrected chi connectivity index (χ3v) is 6.17. The average molecular weight is 441 g/mol. The Labute approximate surface area is 181 Å². The summed E-state index contributed by atoms with van der Waals surface area (Å²) in [7, 11) is 0. The maximum Gasteiger partial charge on any atom is 0.234 e. The summed E-state index contributed by atoms with van der Waals surface area (Å²) in [6.45, 7) is 2.01. The molecule has 0 atom stereocenters. The van der Waals surface area contributed by atoms with Crippen LogP contribution in [-0.2, 0) is 4.79 Å². The molecule has 5 nitrogen and oxygen atoms in total. The lowest BCUT2D eigenvalue weighted by atomic mass is 10.2. The molecule has 0 fully saturated rings. The van der Waals surface area contributed by atoms with Gasteiger partial charge in [0.15, 0.2) is 11.0 Å². The molecule has 1 N–H and O–H groups in total. The lowest BCUT2D eigenvalue weighted by molar-refractivity contribution is -0.113. The maximum absolute atomic E-state index is 12.4. The van der Waals surface area contributed by atoms with Crippen LogP contribution in [0.25, 0.3) is 16.4 Å². The molecule has 1 amide bonds. The Bertz CT molecular complexity index is 1110. The predicted octanol–water partition coefficient (Wildman–Crippen LogP) is 5.69. The zero-order valence-corrected chi connectivity index (χ0v) is 17.9. The second kappa shape index (κ2) is 8.82. The molecule has 2 aromatic heterocycles. The normalized spacial score (nSPS) is 10.8. The number of halogens is 1. The molecular weight excluding hydrogens is 424 g/mol. The molecule has 0 spiro atoms. The molecule has 0 bridgehead atoms. The lowest BCUT2D eigenvalue weighted by Gasteiger charge is -2.10. The van der Waals surface area contributed by atoms with Crippen LogP contribution in [0.5, 0.6) is 0 Å². The fraction of sp³-hybridized carbons (Fsp3) is 0.0952. The zero-order valence-electron chi connectivity index (χ0n) is 15.5. The van der Waals surface area contributed by atoms with E-state index in [1.54, 1.807) is 11.3 Å². The standard InChI is InChI=1S/C21H17ClN4OS2/c1-14-4-8-16(9-5-14)23-19(27)13-29-21-25-24-20(18-3-2-12-28-18)26(21)17-10-6-15(22)7-11-17/h2-12H,13H2,1H3,(H,23,27).